The summed E-state index contributed by atoms with van der Waals surface area (Å²) < 4.78 is 72.6. The highest BCUT2D eigenvalue weighted by Gasteiger charge is 2.64. The number of Topliss-reactive ketones (excluding diaryl/α,β-unsaturated/α-hetero) is 1. The predicted octanol–water partition coefficient (Wildman–Crippen LogP) is -0.828. The Hall–Kier alpha value is -4.48. The summed E-state index contributed by atoms with van der Waals surface area (Å²) in [6.45, 7) is -0.757. The standard InChI is InChI=1S/C90H159N3O39/c1-6-8-10-12-14-16-18-20-21-22-23-24-25-26-28-30-32-34-36-38-40-65(107)93-55(56(103)39-37-35-33-31-29-27-19-17-15-13-11-9-7-2)50-121-84-75(115)73(113)78(63(48-98)124-84)127-86-76(116)82(79(64(49-99)125-86)128-83-54(41-51(3)100)77(70(110)61(46-96)122-83)126-85-74(114)72(112)69(109)60(45-95)123-85)132-90(88(119)120)43-58(105)67(92-53(5)102)81(131-90)71(111)62(47-97)129-89(87(117)118)42-57(104)66(91-52(4)101)80(130-89)68(108)59(106)44-94/h37,39,54-64,66-86,94-99,103-106,108-116H,6-36,38,40-50H2,1-5H3,(H,91,101)(H,92,102)(H,93,107)(H,117,118)(H,119,120)/t54-,55+,56-,57+,58+,59-,60-,61-,62-,63-,64-,66-,67-,68-,69+,70+,71-,72+,73-,74-,75-,76-,77-,78-,79+,80?,81?,82-,83+,84-,85+,86+,89-,90+/m1/s1. The van der Waals surface area contributed by atoms with E-state index in [4.69, 9.17) is 56.8 Å². The summed E-state index contributed by atoms with van der Waals surface area (Å²) in [6.07, 6.45) is -25.3. The lowest BCUT2D eigenvalue weighted by molar-refractivity contribution is -0.407. The van der Waals surface area contributed by atoms with Gasteiger partial charge in [-0.25, -0.2) is 9.59 Å². The first-order valence-corrected chi connectivity index (χ1v) is 47.9. The van der Waals surface area contributed by atoms with Crippen molar-refractivity contribution in [1.29, 1.82) is 0 Å². The van der Waals surface area contributed by atoms with Crippen molar-refractivity contribution >= 4 is 35.4 Å². The van der Waals surface area contributed by atoms with Crippen molar-refractivity contribution < 1.29 is 193 Å². The highest BCUT2D eigenvalue weighted by atomic mass is 16.8. The molecular weight excluding hydrogens is 1750 g/mol. The van der Waals surface area contributed by atoms with Crippen LogP contribution in [0.25, 0.3) is 0 Å². The van der Waals surface area contributed by atoms with E-state index in [-0.39, 0.29) is 6.42 Å². The number of carbonyl (C=O) groups excluding carboxylic acids is 4. The molecule has 24 N–H and O–H groups in total. The fourth-order valence-corrected chi connectivity index (χ4v) is 18.0. The number of hydrogen-bond acceptors (Lipinski definition) is 37. The molecule has 0 aromatic carbocycles. The first-order chi connectivity index (χ1) is 63.1. The van der Waals surface area contributed by atoms with Gasteiger partial charge in [0.15, 0.2) is 25.2 Å². The highest BCUT2D eigenvalue weighted by Crippen LogP contribution is 2.44. The molecule has 0 saturated carbocycles. The molecule has 132 heavy (non-hydrogen) atoms. The van der Waals surface area contributed by atoms with Gasteiger partial charge in [0.05, 0.1) is 88.8 Å². The van der Waals surface area contributed by atoms with E-state index in [1.807, 2.05) is 0 Å². The Labute approximate surface area is 772 Å². The number of carboxylic acid groups (broad SMARTS) is 2. The molecule has 768 valence electrons. The van der Waals surface area contributed by atoms with Crippen molar-refractivity contribution in [2.75, 3.05) is 46.2 Å². The number of nitrogens with one attached hydrogen (secondary N) is 3. The number of unbranched alkanes of at least 4 members (excludes halogenated alkanes) is 30. The number of ketones is 1. The zero-order valence-electron chi connectivity index (χ0n) is 77.3. The zero-order valence-corrected chi connectivity index (χ0v) is 77.3. The molecule has 6 aliphatic heterocycles. The van der Waals surface area contributed by atoms with E-state index in [1.54, 1.807) is 6.08 Å². The molecule has 3 amide bonds. The van der Waals surface area contributed by atoms with Gasteiger partial charge >= 0.3 is 11.9 Å². The Morgan fingerprint density at radius 2 is 0.841 bits per heavy atom. The van der Waals surface area contributed by atoms with Crippen LogP contribution in [0.4, 0.5) is 0 Å². The number of aliphatic hydroxyl groups excluding tert-OH is 19. The summed E-state index contributed by atoms with van der Waals surface area (Å²) in [5.74, 6) is -16.5. The van der Waals surface area contributed by atoms with Crippen LogP contribution in [0, 0.1) is 5.92 Å². The minimum atomic E-state index is -3.68. The second-order valence-electron chi connectivity index (χ2n) is 36.4. The summed E-state index contributed by atoms with van der Waals surface area (Å²) in [4.78, 5) is 80.6. The van der Waals surface area contributed by atoms with Crippen LogP contribution in [-0.4, -0.2) is 390 Å². The van der Waals surface area contributed by atoms with Crippen LogP contribution in [0.3, 0.4) is 0 Å². The van der Waals surface area contributed by atoms with Crippen LogP contribution in [0.2, 0.25) is 0 Å². The van der Waals surface area contributed by atoms with Gasteiger partial charge < -0.3 is 185 Å². The van der Waals surface area contributed by atoms with E-state index in [0.29, 0.717) is 12.8 Å². The third-order valence-electron chi connectivity index (χ3n) is 25.6. The van der Waals surface area contributed by atoms with Crippen LogP contribution >= 0.6 is 0 Å². The van der Waals surface area contributed by atoms with Crippen LogP contribution in [0.5, 0.6) is 0 Å². The lowest BCUT2D eigenvalue weighted by Gasteiger charge is -2.53. The predicted molar refractivity (Wildman–Crippen MR) is 464 cm³/mol. The highest BCUT2D eigenvalue weighted by molar-refractivity contribution is 5.78. The average Bonchev–Trinajstić information content (AvgIpc) is 0.742. The molecule has 0 radical (unpaired) electrons. The molecule has 6 heterocycles. The van der Waals surface area contributed by atoms with E-state index >= 15 is 0 Å². The molecule has 0 aromatic rings. The quantitative estimate of drug-likeness (QED) is 0.0261. The minimum absolute atomic E-state index is 0.0891. The lowest BCUT2D eigenvalue weighted by atomic mass is 9.86. The fraction of sp³-hybridized carbons (Fsp3) is 0.911. The van der Waals surface area contributed by atoms with E-state index in [9.17, 15) is 136 Å². The lowest BCUT2D eigenvalue weighted by Crippen LogP contribution is -2.72. The number of hydrogen-bond donors (Lipinski definition) is 24. The van der Waals surface area contributed by atoms with E-state index in [1.165, 1.54) is 134 Å². The van der Waals surface area contributed by atoms with E-state index in [2.05, 4.69) is 29.8 Å². The first kappa shape index (κ1) is 116. The van der Waals surface area contributed by atoms with Crippen LogP contribution in [0.1, 0.15) is 266 Å². The minimum Gasteiger partial charge on any atom is -0.477 e. The zero-order chi connectivity index (χ0) is 97.4. The number of aliphatic carboxylic acids is 2. The maximum atomic E-state index is 14.4. The molecular formula is C90H159N3O39. The maximum Gasteiger partial charge on any atom is 0.364 e. The summed E-state index contributed by atoms with van der Waals surface area (Å²) in [6, 6.07) is -5.10. The first-order valence-electron chi connectivity index (χ1n) is 47.9. The van der Waals surface area contributed by atoms with Crippen molar-refractivity contribution in [2.45, 2.75) is 467 Å². The summed E-state index contributed by atoms with van der Waals surface area (Å²) in [7, 11) is 0. The summed E-state index contributed by atoms with van der Waals surface area (Å²) in [5.41, 5.74) is 0. The largest absolute Gasteiger partial charge is 0.477 e. The van der Waals surface area contributed by atoms with E-state index in [0.717, 1.165) is 85.0 Å². The smallest absolute Gasteiger partial charge is 0.364 e. The SMILES string of the molecule is CCCCCCCCCCCCCC=C[C@@H](O)[C@H](CO[C@@H]1O[C@H](CO)[C@@H](O[C@@H]2O[C@H](CO)[C@H](O[C@@H]3O[C@H](CO)[C@H](O)[C@H](O[C@@H]4O[C@H](CO)[C@H](O)[C@H](O)[C@H]4O)[C@H]3CC(C)=O)[C@H](O[C@]3(C(=O)O)C[C@H](O)[C@@H](NC(C)=O)C([C@H](O)[C@@H](CO)O[C@]4(C(=O)O)C[C@H](O)[C@@H](NC(C)=O)C([C@H](O)[C@H](O)CO)O4)O3)[C@H]2O)[C@H](O)[C@H]1O)NC(=O)CCCCCCCCCCCCCCCCCCCCCC. The normalized spacial score (nSPS) is 34.3. The van der Waals surface area contributed by atoms with Gasteiger partial charge in [-0.3, -0.25) is 14.4 Å². The second-order valence-corrected chi connectivity index (χ2v) is 36.4. The molecule has 42 heteroatoms. The number of carboxylic acids is 2. The van der Waals surface area contributed by atoms with Crippen LogP contribution in [-0.2, 0) is 85.6 Å². The Kier molecular flexibility index (Phi) is 53.3. The van der Waals surface area contributed by atoms with Gasteiger partial charge in [-0.15, -0.1) is 0 Å². The Morgan fingerprint density at radius 3 is 1.31 bits per heavy atom. The molecule has 6 saturated heterocycles. The molecule has 0 aromatic heterocycles. The van der Waals surface area contributed by atoms with Gasteiger partial charge in [0, 0.05) is 45.4 Å². The Balaban J connectivity index is 1.29. The van der Waals surface area contributed by atoms with Crippen molar-refractivity contribution in [3.05, 3.63) is 12.2 Å². The van der Waals surface area contributed by atoms with Crippen LogP contribution in [0.15, 0.2) is 12.2 Å². The molecule has 34 atom stereocenters. The number of aliphatic hydroxyl groups is 19. The average molecular weight is 1910 g/mol. The van der Waals surface area contributed by atoms with Gasteiger partial charge in [0.25, 0.3) is 11.6 Å². The second kappa shape index (κ2) is 60.5. The summed E-state index contributed by atoms with van der Waals surface area (Å²) >= 11 is 0. The number of rotatable bonds is 65. The molecule has 6 rings (SSSR count). The third-order valence-corrected chi connectivity index (χ3v) is 25.6. The Bertz CT molecular complexity index is 3290. The molecule has 0 aliphatic carbocycles. The molecule has 42 nitrogen and oxygen atoms in total. The van der Waals surface area contributed by atoms with Crippen molar-refractivity contribution in [3.63, 3.8) is 0 Å². The number of carbonyl (C=O) groups is 6. The van der Waals surface area contributed by atoms with Crippen molar-refractivity contribution in [2.24, 2.45) is 5.92 Å². The fourth-order valence-electron chi connectivity index (χ4n) is 18.0. The van der Waals surface area contributed by atoms with Crippen molar-refractivity contribution in [3.8, 4) is 0 Å². The van der Waals surface area contributed by atoms with Gasteiger partial charge in [-0.1, -0.05) is 212 Å². The number of ether oxygens (including phenoxy) is 12. The molecule has 0 bridgehead atoms. The number of allylic oxidation sites excluding steroid dienone is 1. The van der Waals surface area contributed by atoms with Gasteiger partial charge in [0.1, 0.15) is 128 Å². The topological polar surface area (TPSA) is 674 Å². The van der Waals surface area contributed by atoms with Gasteiger partial charge in [-0.2, -0.15) is 0 Å². The summed E-state index contributed by atoms with van der Waals surface area (Å²) in [5, 5.41) is 246. The maximum absolute atomic E-state index is 14.4. The third kappa shape index (κ3) is 35.1. The molecule has 2 unspecified atom stereocenters. The van der Waals surface area contributed by atoms with E-state index < -0.39 is 308 Å². The van der Waals surface area contributed by atoms with Crippen molar-refractivity contribution in [1.82, 2.24) is 16.0 Å². The monoisotopic (exact) mass is 1910 g/mol. The van der Waals surface area contributed by atoms with Gasteiger partial charge in [0.2, 0.25) is 17.7 Å². The Morgan fingerprint density at radius 1 is 0.432 bits per heavy atom. The molecule has 6 aliphatic rings. The van der Waals surface area contributed by atoms with Gasteiger partial charge in [-0.05, 0) is 26.2 Å². The molecule has 6 fully saturated rings. The number of amides is 3. The molecule has 0 spiro atoms. The van der Waals surface area contributed by atoms with Crippen LogP contribution < -0.4 is 16.0 Å².